The highest BCUT2D eigenvalue weighted by Gasteiger charge is 2.25. The predicted octanol–water partition coefficient (Wildman–Crippen LogP) is 4.91. The number of para-hydroxylation sites is 2. The molecule has 180 valence electrons. The highest BCUT2D eigenvalue weighted by atomic mass is 16.5. The van der Waals surface area contributed by atoms with Gasteiger partial charge >= 0.3 is 0 Å². The monoisotopic (exact) mass is 472 g/mol. The average molecular weight is 473 g/mol. The van der Waals surface area contributed by atoms with E-state index in [0.29, 0.717) is 48.3 Å². The molecule has 2 heterocycles. The Balaban J connectivity index is 1.48. The number of hydrogen-bond donors (Lipinski definition) is 2. The van der Waals surface area contributed by atoms with Crippen molar-refractivity contribution in [3.05, 3.63) is 83.6 Å². The molecular weight excluding hydrogens is 444 g/mol. The number of fused-ring (bicyclic) bond motifs is 2. The smallest absolute Gasteiger partial charge is 0.251 e. The first kappa shape index (κ1) is 22.7. The van der Waals surface area contributed by atoms with Crippen LogP contribution in [0.15, 0.2) is 66.9 Å². The Kier molecular flexibility index (Phi) is 6.48. The van der Waals surface area contributed by atoms with E-state index in [-0.39, 0.29) is 11.8 Å². The van der Waals surface area contributed by atoms with E-state index >= 15 is 0 Å². The summed E-state index contributed by atoms with van der Waals surface area (Å²) < 4.78 is 22.7. The largest absolute Gasteiger partial charge is 0.493 e. The highest BCUT2D eigenvalue weighted by Crippen LogP contribution is 2.40. The SMILES string of the molecule is COc1cccc(C(CNC(=O)c2ccc3c(c2)OCCCO3)c2c[nH]c3ccccc23)c1OC. The fourth-order valence-electron chi connectivity index (χ4n) is 4.56. The lowest BCUT2D eigenvalue weighted by Gasteiger charge is -2.22. The van der Waals surface area contributed by atoms with E-state index in [1.165, 1.54) is 0 Å². The first-order valence-electron chi connectivity index (χ1n) is 11.6. The topological polar surface area (TPSA) is 81.8 Å². The Morgan fingerprint density at radius 3 is 2.63 bits per heavy atom. The molecule has 35 heavy (non-hydrogen) atoms. The lowest BCUT2D eigenvalue weighted by Crippen LogP contribution is -2.29. The minimum absolute atomic E-state index is 0.180. The standard InChI is InChI=1S/C28H28N2O5/c1-32-25-10-5-8-20(27(25)33-2)22(21-16-29-23-9-4-3-7-19(21)23)17-30-28(31)18-11-12-24-26(15-18)35-14-6-13-34-24/h3-5,7-12,15-16,22,29H,6,13-14,17H2,1-2H3,(H,30,31). The number of benzene rings is 3. The second-order valence-corrected chi connectivity index (χ2v) is 8.35. The minimum atomic E-state index is -0.188. The molecule has 1 aliphatic rings. The highest BCUT2D eigenvalue weighted by molar-refractivity contribution is 5.95. The van der Waals surface area contributed by atoms with Gasteiger partial charge in [-0.2, -0.15) is 0 Å². The maximum Gasteiger partial charge on any atom is 0.251 e. The number of hydrogen-bond acceptors (Lipinski definition) is 5. The zero-order valence-electron chi connectivity index (χ0n) is 19.8. The molecule has 0 radical (unpaired) electrons. The number of amides is 1. The Morgan fingerprint density at radius 1 is 0.971 bits per heavy atom. The van der Waals surface area contributed by atoms with E-state index in [2.05, 4.69) is 16.4 Å². The van der Waals surface area contributed by atoms with Gasteiger partial charge in [-0.15, -0.1) is 0 Å². The molecule has 1 aliphatic heterocycles. The van der Waals surface area contributed by atoms with Crippen LogP contribution in [-0.2, 0) is 0 Å². The molecule has 0 bridgehead atoms. The van der Waals surface area contributed by atoms with Gasteiger partial charge in [0.05, 0.1) is 27.4 Å². The summed E-state index contributed by atoms with van der Waals surface area (Å²) in [6.45, 7) is 1.53. The molecular formula is C28H28N2O5. The summed E-state index contributed by atoms with van der Waals surface area (Å²) in [4.78, 5) is 16.5. The van der Waals surface area contributed by atoms with Gasteiger partial charge in [0.1, 0.15) is 0 Å². The molecule has 0 fully saturated rings. The lowest BCUT2D eigenvalue weighted by molar-refractivity contribution is 0.0952. The summed E-state index contributed by atoms with van der Waals surface area (Å²) in [5.41, 5.74) is 3.54. The van der Waals surface area contributed by atoms with Gasteiger partial charge in [-0.05, 0) is 35.9 Å². The lowest BCUT2D eigenvalue weighted by atomic mass is 9.89. The van der Waals surface area contributed by atoms with Gasteiger partial charge in [0.15, 0.2) is 23.0 Å². The Hall–Kier alpha value is -4.13. The maximum atomic E-state index is 13.2. The van der Waals surface area contributed by atoms with Crippen LogP contribution in [0.5, 0.6) is 23.0 Å². The van der Waals surface area contributed by atoms with Gasteiger partial charge in [0.2, 0.25) is 0 Å². The number of methoxy groups -OCH3 is 2. The summed E-state index contributed by atoms with van der Waals surface area (Å²) in [7, 11) is 3.25. The van der Waals surface area contributed by atoms with Crippen molar-refractivity contribution < 1.29 is 23.7 Å². The van der Waals surface area contributed by atoms with Crippen molar-refractivity contribution in [3.63, 3.8) is 0 Å². The van der Waals surface area contributed by atoms with E-state index in [0.717, 1.165) is 28.5 Å². The summed E-state index contributed by atoms with van der Waals surface area (Å²) in [5, 5.41) is 4.21. The fraction of sp³-hybridized carbons (Fsp3) is 0.250. The van der Waals surface area contributed by atoms with Gasteiger partial charge in [0.25, 0.3) is 5.91 Å². The van der Waals surface area contributed by atoms with Crippen LogP contribution in [0, 0.1) is 0 Å². The van der Waals surface area contributed by atoms with Crippen molar-refractivity contribution in [2.24, 2.45) is 0 Å². The van der Waals surface area contributed by atoms with Crippen LogP contribution in [0.2, 0.25) is 0 Å². The molecule has 5 rings (SSSR count). The summed E-state index contributed by atoms with van der Waals surface area (Å²) >= 11 is 0. The van der Waals surface area contributed by atoms with E-state index in [4.69, 9.17) is 18.9 Å². The third kappa shape index (κ3) is 4.49. The second-order valence-electron chi connectivity index (χ2n) is 8.35. The molecule has 1 atom stereocenters. The average Bonchev–Trinajstić information content (AvgIpc) is 3.18. The van der Waals surface area contributed by atoms with Crippen LogP contribution in [0.1, 0.15) is 33.8 Å². The number of aromatic amines is 1. The molecule has 1 aromatic heterocycles. The number of ether oxygens (including phenoxy) is 4. The predicted molar refractivity (Wildman–Crippen MR) is 134 cm³/mol. The molecule has 0 spiro atoms. The number of H-pyrrole nitrogens is 1. The number of aromatic nitrogens is 1. The van der Waals surface area contributed by atoms with E-state index in [1.54, 1.807) is 32.4 Å². The van der Waals surface area contributed by atoms with Gasteiger partial charge in [0, 0.05) is 47.1 Å². The third-order valence-electron chi connectivity index (χ3n) is 6.28. The molecule has 4 aromatic rings. The fourth-order valence-corrected chi connectivity index (χ4v) is 4.56. The van der Waals surface area contributed by atoms with E-state index in [9.17, 15) is 4.79 Å². The number of rotatable bonds is 7. The van der Waals surface area contributed by atoms with Crippen LogP contribution in [0.3, 0.4) is 0 Å². The summed E-state index contributed by atoms with van der Waals surface area (Å²) in [5.74, 6) is 2.18. The summed E-state index contributed by atoms with van der Waals surface area (Å²) in [6.07, 6.45) is 2.80. The molecule has 2 N–H and O–H groups in total. The van der Waals surface area contributed by atoms with Crippen molar-refractivity contribution in [2.75, 3.05) is 34.0 Å². The number of carbonyl (C=O) groups is 1. The van der Waals surface area contributed by atoms with Gasteiger partial charge in [-0.3, -0.25) is 4.79 Å². The Morgan fingerprint density at radius 2 is 1.80 bits per heavy atom. The summed E-state index contributed by atoms with van der Waals surface area (Å²) in [6, 6.07) is 19.2. The van der Waals surface area contributed by atoms with Crippen molar-refractivity contribution in [1.29, 1.82) is 0 Å². The van der Waals surface area contributed by atoms with Crippen molar-refractivity contribution in [3.8, 4) is 23.0 Å². The Labute approximate surface area is 204 Å². The third-order valence-corrected chi connectivity index (χ3v) is 6.28. The van der Waals surface area contributed by atoms with Crippen LogP contribution < -0.4 is 24.3 Å². The molecule has 0 aliphatic carbocycles. The van der Waals surface area contributed by atoms with Crippen molar-refractivity contribution in [1.82, 2.24) is 10.3 Å². The first-order chi connectivity index (χ1) is 17.2. The molecule has 0 saturated carbocycles. The molecule has 3 aromatic carbocycles. The van der Waals surface area contributed by atoms with E-state index < -0.39 is 0 Å². The normalized spacial score (nSPS) is 13.7. The quantitative estimate of drug-likeness (QED) is 0.400. The van der Waals surface area contributed by atoms with Gasteiger partial charge in [-0.25, -0.2) is 0 Å². The van der Waals surface area contributed by atoms with Crippen LogP contribution >= 0.6 is 0 Å². The Bertz CT molecular complexity index is 1350. The number of carbonyl (C=O) groups excluding carboxylic acids is 1. The molecule has 1 amide bonds. The zero-order valence-corrected chi connectivity index (χ0v) is 19.8. The first-order valence-corrected chi connectivity index (χ1v) is 11.6. The van der Waals surface area contributed by atoms with Crippen LogP contribution in [0.25, 0.3) is 10.9 Å². The van der Waals surface area contributed by atoms with Gasteiger partial charge < -0.3 is 29.2 Å². The second kappa shape index (κ2) is 10.0. The molecule has 0 saturated heterocycles. The molecule has 7 nitrogen and oxygen atoms in total. The van der Waals surface area contributed by atoms with Crippen LogP contribution in [0.4, 0.5) is 0 Å². The molecule has 7 heteroatoms. The number of nitrogens with one attached hydrogen (secondary N) is 2. The van der Waals surface area contributed by atoms with Crippen molar-refractivity contribution >= 4 is 16.8 Å². The molecule has 1 unspecified atom stereocenters. The zero-order chi connectivity index (χ0) is 24.2. The van der Waals surface area contributed by atoms with Gasteiger partial charge in [-0.1, -0.05) is 30.3 Å². The maximum absolute atomic E-state index is 13.2. The minimum Gasteiger partial charge on any atom is -0.493 e. The van der Waals surface area contributed by atoms with Crippen LogP contribution in [-0.4, -0.2) is 44.9 Å². The van der Waals surface area contributed by atoms with E-state index in [1.807, 2.05) is 42.6 Å². The van der Waals surface area contributed by atoms with Crippen molar-refractivity contribution in [2.45, 2.75) is 12.3 Å².